The van der Waals surface area contributed by atoms with Crippen molar-refractivity contribution in [1.82, 2.24) is 0 Å². The van der Waals surface area contributed by atoms with E-state index in [9.17, 15) is 0 Å². The molecular weight excluding hydrogens is 148 g/mol. The normalized spacial score (nSPS) is 11.7. The average Bonchev–Trinajstić information content (AvgIpc) is 2.02. The number of ether oxygens (including phenoxy) is 2. The monoisotopic (exact) mass is 166 g/mol. The second-order valence-corrected chi connectivity index (χ2v) is 1.76. The third-order valence-corrected chi connectivity index (χ3v) is 0.781. The van der Waals surface area contributed by atoms with Crippen LogP contribution in [0.5, 0.6) is 0 Å². The van der Waals surface area contributed by atoms with Gasteiger partial charge in [0.25, 0.3) is 0 Å². The maximum absolute atomic E-state index is 8.14. The molecule has 0 aromatic carbocycles. The Labute approximate surface area is 67.8 Å². The molecule has 0 spiro atoms. The minimum absolute atomic E-state index is 0.133. The molecule has 0 radical (unpaired) electrons. The summed E-state index contributed by atoms with van der Waals surface area (Å²) < 4.78 is 9.04. The van der Waals surface area contributed by atoms with Crippen molar-refractivity contribution in [3.05, 3.63) is 0 Å². The molecule has 0 aliphatic carbocycles. The van der Waals surface area contributed by atoms with Crippen molar-refractivity contribution < 1.29 is 19.7 Å². The first-order chi connectivity index (χ1) is 5.18. The summed E-state index contributed by atoms with van der Waals surface area (Å²) in [6, 6.07) is 0. The molecule has 1 unspecified atom stereocenters. The molecule has 0 aromatic heterocycles. The summed E-state index contributed by atoms with van der Waals surface area (Å²) in [5, 5.41) is 16.2. The zero-order valence-corrected chi connectivity index (χ0v) is 7.41. The Morgan fingerprint density at radius 1 is 1.45 bits per heavy atom. The van der Waals surface area contributed by atoms with Gasteiger partial charge in [-0.2, -0.15) is 0 Å². The van der Waals surface area contributed by atoms with Crippen LogP contribution in [0.15, 0.2) is 0 Å². The maximum Gasteiger partial charge on any atom is 0.151 e. The zero-order chi connectivity index (χ0) is 9.11. The lowest BCUT2D eigenvalue weighted by atomic mass is 10.8. The first-order valence-electron chi connectivity index (χ1n) is 3.58. The Morgan fingerprint density at radius 2 is 1.91 bits per heavy atom. The van der Waals surface area contributed by atoms with Crippen molar-refractivity contribution in [1.29, 1.82) is 0 Å². The number of methoxy groups -OCH3 is 1. The van der Waals surface area contributed by atoms with Gasteiger partial charge in [0, 0.05) is 13.7 Å². The summed E-state index contributed by atoms with van der Waals surface area (Å²) in [5.74, 6) is 0. The number of hydrogen-bond donors (Lipinski definition) is 2. The van der Waals surface area contributed by atoms with Crippen LogP contribution in [0, 0.1) is 0 Å². The number of aliphatic hydroxyl groups excluding tert-OH is 2. The van der Waals surface area contributed by atoms with Gasteiger partial charge < -0.3 is 19.7 Å². The molecule has 0 aliphatic heterocycles. The van der Waals surface area contributed by atoms with E-state index >= 15 is 0 Å². The fourth-order valence-electron chi connectivity index (χ4n) is 0.209. The Kier molecular flexibility index (Phi) is 15.3. The first-order valence-corrected chi connectivity index (χ1v) is 3.58. The van der Waals surface area contributed by atoms with Crippen molar-refractivity contribution in [2.24, 2.45) is 0 Å². The highest BCUT2D eigenvalue weighted by molar-refractivity contribution is 4.18. The summed E-state index contributed by atoms with van der Waals surface area (Å²) in [6.07, 6.45) is -0.616. The van der Waals surface area contributed by atoms with Crippen molar-refractivity contribution in [3.63, 3.8) is 0 Å². The van der Waals surface area contributed by atoms with Crippen molar-refractivity contribution >= 4 is 0 Å². The van der Waals surface area contributed by atoms with Crippen molar-refractivity contribution in [3.8, 4) is 0 Å². The van der Waals surface area contributed by atoms with Crippen LogP contribution in [0.3, 0.4) is 0 Å². The molecule has 0 saturated carbocycles. The SMILES string of the molecule is CCOCCO.COC(C)O. The second kappa shape index (κ2) is 12.5. The summed E-state index contributed by atoms with van der Waals surface area (Å²) in [5.41, 5.74) is 0. The van der Waals surface area contributed by atoms with Gasteiger partial charge in [-0.05, 0) is 13.8 Å². The Morgan fingerprint density at radius 3 is 2.00 bits per heavy atom. The summed E-state index contributed by atoms with van der Waals surface area (Å²) in [7, 11) is 1.45. The molecule has 4 heteroatoms. The summed E-state index contributed by atoms with van der Waals surface area (Å²) in [4.78, 5) is 0. The molecule has 0 saturated heterocycles. The minimum atomic E-state index is -0.616. The maximum atomic E-state index is 8.14. The Bertz CT molecular complexity index is 52.4. The molecule has 2 N–H and O–H groups in total. The van der Waals surface area contributed by atoms with Gasteiger partial charge in [-0.3, -0.25) is 0 Å². The quantitative estimate of drug-likeness (QED) is 0.455. The molecule has 0 bridgehead atoms. The Balaban J connectivity index is 0. The molecule has 4 nitrogen and oxygen atoms in total. The van der Waals surface area contributed by atoms with E-state index in [0.29, 0.717) is 13.2 Å². The third kappa shape index (κ3) is 25.8. The van der Waals surface area contributed by atoms with Crippen LogP contribution in [0.4, 0.5) is 0 Å². The van der Waals surface area contributed by atoms with E-state index in [2.05, 4.69) is 4.74 Å². The summed E-state index contributed by atoms with van der Waals surface area (Å²) >= 11 is 0. The lowest BCUT2D eigenvalue weighted by Crippen LogP contribution is -1.99. The second-order valence-electron chi connectivity index (χ2n) is 1.76. The average molecular weight is 166 g/mol. The molecule has 11 heavy (non-hydrogen) atoms. The molecule has 0 aromatic rings. The van der Waals surface area contributed by atoms with Gasteiger partial charge in [0.15, 0.2) is 6.29 Å². The van der Waals surface area contributed by atoms with E-state index < -0.39 is 6.29 Å². The Hall–Kier alpha value is -0.160. The highest BCUT2D eigenvalue weighted by Gasteiger charge is 1.80. The van der Waals surface area contributed by atoms with Gasteiger partial charge in [0.1, 0.15) is 0 Å². The van der Waals surface area contributed by atoms with Gasteiger partial charge in [0.2, 0.25) is 0 Å². The van der Waals surface area contributed by atoms with E-state index in [1.54, 1.807) is 6.92 Å². The van der Waals surface area contributed by atoms with E-state index in [1.807, 2.05) is 6.92 Å². The fourth-order valence-corrected chi connectivity index (χ4v) is 0.209. The van der Waals surface area contributed by atoms with Crippen LogP contribution >= 0.6 is 0 Å². The van der Waals surface area contributed by atoms with Crippen LogP contribution < -0.4 is 0 Å². The molecule has 0 amide bonds. The number of aliphatic hydroxyl groups is 2. The highest BCUT2D eigenvalue weighted by Crippen LogP contribution is 1.72. The van der Waals surface area contributed by atoms with Gasteiger partial charge in [-0.1, -0.05) is 0 Å². The van der Waals surface area contributed by atoms with Crippen molar-refractivity contribution in [2.45, 2.75) is 20.1 Å². The van der Waals surface area contributed by atoms with E-state index in [0.717, 1.165) is 0 Å². The minimum Gasteiger partial charge on any atom is -0.394 e. The van der Waals surface area contributed by atoms with E-state index in [4.69, 9.17) is 14.9 Å². The highest BCUT2D eigenvalue weighted by atomic mass is 16.6. The molecular formula is C7H18O4. The number of hydrogen-bond acceptors (Lipinski definition) is 4. The topological polar surface area (TPSA) is 58.9 Å². The lowest BCUT2D eigenvalue weighted by Gasteiger charge is -1.94. The molecule has 0 fully saturated rings. The van der Waals surface area contributed by atoms with Gasteiger partial charge in [0.05, 0.1) is 13.2 Å². The smallest absolute Gasteiger partial charge is 0.151 e. The van der Waals surface area contributed by atoms with Crippen LogP contribution in [-0.2, 0) is 9.47 Å². The van der Waals surface area contributed by atoms with Crippen LogP contribution in [0.2, 0.25) is 0 Å². The molecule has 0 rings (SSSR count). The van der Waals surface area contributed by atoms with Gasteiger partial charge >= 0.3 is 0 Å². The van der Waals surface area contributed by atoms with Gasteiger partial charge in [-0.15, -0.1) is 0 Å². The molecule has 70 valence electrons. The standard InChI is InChI=1S/C4H10O2.C3H8O2/c1-2-6-4-3-5;1-3(4)5-2/h5H,2-4H2,1H3;3-4H,1-2H3. The van der Waals surface area contributed by atoms with Crippen LogP contribution in [-0.4, -0.2) is 43.4 Å². The van der Waals surface area contributed by atoms with Crippen LogP contribution in [0.1, 0.15) is 13.8 Å². The summed E-state index contributed by atoms with van der Waals surface area (Å²) in [6.45, 7) is 4.75. The number of rotatable bonds is 4. The lowest BCUT2D eigenvalue weighted by molar-refractivity contribution is -0.0583. The molecule has 0 heterocycles. The first kappa shape index (κ1) is 13.4. The van der Waals surface area contributed by atoms with Crippen molar-refractivity contribution in [2.75, 3.05) is 26.9 Å². The predicted octanol–water partition coefficient (Wildman–Crippen LogP) is -0.0137. The molecule has 0 aliphatic rings. The molecule has 1 atom stereocenters. The van der Waals surface area contributed by atoms with Gasteiger partial charge in [-0.25, -0.2) is 0 Å². The zero-order valence-electron chi connectivity index (χ0n) is 7.41. The third-order valence-electron chi connectivity index (χ3n) is 0.781. The fraction of sp³-hybridized carbons (Fsp3) is 1.00. The predicted molar refractivity (Wildman–Crippen MR) is 42.3 cm³/mol. The van der Waals surface area contributed by atoms with E-state index in [-0.39, 0.29) is 6.61 Å². The van der Waals surface area contributed by atoms with Crippen LogP contribution in [0.25, 0.3) is 0 Å². The largest absolute Gasteiger partial charge is 0.394 e. The van der Waals surface area contributed by atoms with E-state index in [1.165, 1.54) is 7.11 Å².